The van der Waals surface area contributed by atoms with Gasteiger partial charge >= 0.3 is 0 Å². The summed E-state index contributed by atoms with van der Waals surface area (Å²) in [5.74, 6) is 3.90. The van der Waals surface area contributed by atoms with Crippen LogP contribution in [0.1, 0.15) is 6.92 Å². The second kappa shape index (κ2) is 8.79. The van der Waals surface area contributed by atoms with Gasteiger partial charge in [0.2, 0.25) is 5.91 Å². The number of likely N-dealkylation sites (N-methyl/N-ethyl adjacent to an activating group) is 1. The highest BCUT2D eigenvalue weighted by Crippen LogP contribution is 2.30. The number of nitrogens with one attached hydrogen (secondary N) is 1. The third kappa shape index (κ3) is 4.59. The van der Waals surface area contributed by atoms with Crippen molar-refractivity contribution in [3.8, 4) is 0 Å². The van der Waals surface area contributed by atoms with Crippen molar-refractivity contribution in [3.63, 3.8) is 0 Å². The molecule has 1 aliphatic rings. The van der Waals surface area contributed by atoms with Crippen LogP contribution in [0.25, 0.3) is 0 Å². The number of nitrogens with two attached hydrogens (primary N) is 2. The Kier molecular flexibility index (Phi) is 6.72. The van der Waals surface area contributed by atoms with Crippen molar-refractivity contribution < 1.29 is 18.3 Å². The van der Waals surface area contributed by atoms with Crippen LogP contribution in [-0.4, -0.2) is 51.0 Å². The Morgan fingerprint density at radius 1 is 1.42 bits per heavy atom. The summed E-state index contributed by atoms with van der Waals surface area (Å²) in [7, 11) is 1.71. The van der Waals surface area contributed by atoms with Crippen molar-refractivity contribution in [1.82, 2.24) is 10.2 Å². The molecule has 1 heterocycles. The van der Waals surface area contributed by atoms with Crippen LogP contribution in [-0.2, 0) is 9.53 Å². The summed E-state index contributed by atoms with van der Waals surface area (Å²) in [5, 5.41) is 3.88. The molecule has 1 aliphatic heterocycles. The molecule has 0 radical (unpaired) electrons. The van der Waals surface area contributed by atoms with E-state index in [4.69, 9.17) is 16.3 Å². The highest BCUT2D eigenvalue weighted by molar-refractivity contribution is 5.85. The Labute approximate surface area is 150 Å². The van der Waals surface area contributed by atoms with Gasteiger partial charge in [-0.3, -0.25) is 9.80 Å². The lowest BCUT2D eigenvalue weighted by Crippen LogP contribution is -2.30. The first kappa shape index (κ1) is 19.9. The van der Waals surface area contributed by atoms with E-state index >= 15 is 0 Å². The molecule has 0 spiro atoms. The lowest BCUT2D eigenvalue weighted by Gasteiger charge is -2.22. The Morgan fingerprint density at radius 2 is 2.08 bits per heavy atom. The van der Waals surface area contributed by atoms with E-state index in [1.54, 1.807) is 14.0 Å². The van der Waals surface area contributed by atoms with Gasteiger partial charge in [0.1, 0.15) is 12.4 Å². The number of hydrogen-bond acceptors (Lipinski definition) is 7. The summed E-state index contributed by atoms with van der Waals surface area (Å²) in [6.45, 7) is 2.63. The fourth-order valence-corrected chi connectivity index (χ4v) is 2.57. The highest BCUT2D eigenvalue weighted by Gasteiger charge is 2.31. The zero-order valence-corrected chi connectivity index (χ0v) is 14.8. The molecule has 26 heavy (non-hydrogen) atoms. The lowest BCUT2D eigenvalue weighted by atomic mass is 10.2. The number of anilines is 2. The Morgan fingerprint density at radius 3 is 2.65 bits per heavy atom. The molecule has 144 valence electrons. The van der Waals surface area contributed by atoms with Gasteiger partial charge < -0.3 is 25.6 Å². The zero-order chi connectivity index (χ0) is 19.3. The number of nitrogens with zero attached hydrogens (tertiary/aromatic N) is 3. The minimum atomic E-state index is -0.818. The predicted octanol–water partition coefficient (Wildman–Crippen LogP) is 0.265. The maximum absolute atomic E-state index is 14.5. The van der Waals surface area contributed by atoms with Gasteiger partial charge in [-0.25, -0.2) is 14.6 Å². The number of rotatable bonds is 8. The van der Waals surface area contributed by atoms with Crippen molar-refractivity contribution in [2.45, 2.75) is 6.92 Å². The number of carbonyl (C=O) groups excluding carboxylic acids is 1. The van der Waals surface area contributed by atoms with Crippen LogP contribution >= 0.6 is 0 Å². The molecule has 1 aromatic carbocycles. The van der Waals surface area contributed by atoms with E-state index in [1.165, 1.54) is 16.0 Å². The van der Waals surface area contributed by atoms with E-state index in [0.29, 0.717) is 18.8 Å². The van der Waals surface area contributed by atoms with Gasteiger partial charge in [0.05, 0.1) is 18.9 Å². The summed E-state index contributed by atoms with van der Waals surface area (Å²) < 4.78 is 34.2. The average Bonchev–Trinajstić information content (AvgIpc) is 2.92. The van der Waals surface area contributed by atoms with Crippen molar-refractivity contribution >= 4 is 17.3 Å². The molecule has 0 bridgehead atoms. The third-order valence-electron chi connectivity index (χ3n) is 3.77. The van der Waals surface area contributed by atoms with Crippen LogP contribution in [0, 0.1) is 11.6 Å². The number of amides is 1. The molecule has 1 fully saturated rings. The van der Waals surface area contributed by atoms with Crippen LogP contribution in [0.2, 0.25) is 0 Å². The summed E-state index contributed by atoms with van der Waals surface area (Å²) in [4.78, 5) is 14.7. The lowest BCUT2D eigenvalue weighted by molar-refractivity contribution is -0.131. The molecule has 10 heteroatoms. The summed E-state index contributed by atoms with van der Waals surface area (Å²) in [6.07, 6.45) is 1.37. The molecule has 0 aromatic heterocycles. The Balaban J connectivity index is 2.20. The molecule has 8 nitrogen and oxygen atoms in total. The van der Waals surface area contributed by atoms with E-state index in [-0.39, 0.29) is 37.2 Å². The fraction of sp³-hybridized carbons (Fsp3) is 0.438. The largest absolute Gasteiger partial charge is 0.400 e. The molecule has 2 rings (SSSR count). The second-order valence-electron chi connectivity index (χ2n) is 5.79. The Bertz CT molecular complexity index is 662. The van der Waals surface area contributed by atoms with Gasteiger partial charge in [-0.2, -0.15) is 0 Å². The Hall–Kier alpha value is -2.43. The van der Waals surface area contributed by atoms with Gasteiger partial charge in [0, 0.05) is 37.2 Å². The van der Waals surface area contributed by atoms with E-state index < -0.39 is 11.6 Å². The van der Waals surface area contributed by atoms with Gasteiger partial charge in [-0.05, 0) is 14.0 Å². The number of hydrogen-bond donors (Lipinski definition) is 3. The first-order valence-electron chi connectivity index (χ1n) is 8.11. The number of halogens is 2. The fourth-order valence-electron chi connectivity index (χ4n) is 2.57. The minimum Gasteiger partial charge on any atom is -0.400 e. The quantitative estimate of drug-likeness (QED) is 0.446. The molecule has 1 aromatic rings. The first-order valence-corrected chi connectivity index (χ1v) is 8.11. The predicted molar refractivity (Wildman–Crippen MR) is 94.8 cm³/mol. The van der Waals surface area contributed by atoms with Gasteiger partial charge in [-0.1, -0.05) is 0 Å². The molecular weight excluding hydrogens is 346 g/mol. The van der Waals surface area contributed by atoms with Crippen LogP contribution in [0.5, 0.6) is 0 Å². The first-order chi connectivity index (χ1) is 12.4. The van der Waals surface area contributed by atoms with E-state index in [2.05, 4.69) is 5.32 Å². The number of benzene rings is 1. The van der Waals surface area contributed by atoms with Crippen LogP contribution in [0.3, 0.4) is 0 Å². The molecule has 1 amide bonds. The van der Waals surface area contributed by atoms with E-state index in [9.17, 15) is 13.6 Å². The van der Waals surface area contributed by atoms with Gasteiger partial charge in [0.15, 0.2) is 11.6 Å². The monoisotopic (exact) mass is 370 g/mol. The minimum absolute atomic E-state index is 0.0490. The van der Waals surface area contributed by atoms with E-state index in [1.807, 2.05) is 0 Å². The second-order valence-corrected chi connectivity index (χ2v) is 5.79. The molecular formula is C16H24F2N6O2. The SMILES string of the molecule is CCOCN1CN(c2c(F)cc(N(N)/C=C(\N)CNC)cc2F)CC1=O. The standard InChI is InChI=1S/C16H24F2N6O2/c1-3-26-10-23-9-22(8-15(23)25)16-13(17)4-12(5-14(16)18)24(20)7-11(19)6-21-2/h4-5,7,21H,3,6,8-10,19-20H2,1-2H3/b11-7-. The normalized spacial score (nSPS) is 15.1. The molecule has 1 saturated heterocycles. The van der Waals surface area contributed by atoms with Crippen molar-refractivity contribution in [1.29, 1.82) is 0 Å². The molecule has 0 atom stereocenters. The maximum Gasteiger partial charge on any atom is 0.245 e. The van der Waals surface area contributed by atoms with Crippen LogP contribution in [0.4, 0.5) is 20.2 Å². The molecule has 0 unspecified atom stereocenters. The highest BCUT2D eigenvalue weighted by atomic mass is 19.1. The van der Waals surface area contributed by atoms with Crippen LogP contribution in [0.15, 0.2) is 24.0 Å². The average molecular weight is 370 g/mol. The van der Waals surface area contributed by atoms with Crippen LogP contribution < -0.4 is 26.8 Å². The maximum atomic E-state index is 14.5. The number of carbonyl (C=O) groups is 1. The molecule has 0 saturated carbocycles. The molecule has 5 N–H and O–H groups in total. The van der Waals surface area contributed by atoms with E-state index in [0.717, 1.165) is 17.1 Å². The summed E-state index contributed by atoms with van der Waals surface area (Å²) in [6, 6.07) is 2.19. The number of ether oxygens (including phenoxy) is 1. The van der Waals surface area contributed by atoms with Gasteiger partial charge in [-0.15, -0.1) is 0 Å². The van der Waals surface area contributed by atoms with Crippen molar-refractivity contribution in [2.24, 2.45) is 11.6 Å². The summed E-state index contributed by atoms with van der Waals surface area (Å²) in [5.41, 5.74) is 5.95. The smallest absolute Gasteiger partial charge is 0.245 e. The summed E-state index contributed by atoms with van der Waals surface area (Å²) >= 11 is 0. The zero-order valence-electron chi connectivity index (χ0n) is 14.8. The van der Waals surface area contributed by atoms with Crippen molar-refractivity contribution in [2.75, 3.05) is 50.1 Å². The topological polar surface area (TPSA) is 100 Å². The molecule has 0 aliphatic carbocycles. The van der Waals surface area contributed by atoms with Crippen molar-refractivity contribution in [3.05, 3.63) is 35.7 Å². The number of hydrazine groups is 1. The van der Waals surface area contributed by atoms with Gasteiger partial charge in [0.25, 0.3) is 0 Å². The third-order valence-corrected chi connectivity index (χ3v) is 3.77.